The summed E-state index contributed by atoms with van der Waals surface area (Å²) in [7, 11) is 1.59. The number of ether oxygens (including phenoxy) is 2. The highest BCUT2D eigenvalue weighted by molar-refractivity contribution is 5.68. The van der Waals surface area contributed by atoms with Crippen LogP contribution in [0, 0.1) is 11.3 Å². The molecule has 1 atom stereocenters. The minimum atomic E-state index is -0.532. The van der Waals surface area contributed by atoms with Crippen molar-refractivity contribution in [1.29, 1.82) is 5.26 Å². The summed E-state index contributed by atoms with van der Waals surface area (Å²) in [5, 5.41) is 11.6. The van der Waals surface area contributed by atoms with Crippen LogP contribution in [0.3, 0.4) is 0 Å². The van der Waals surface area contributed by atoms with E-state index in [0.29, 0.717) is 18.6 Å². The zero-order chi connectivity index (χ0) is 15.9. The number of methoxy groups -OCH3 is 1. The summed E-state index contributed by atoms with van der Waals surface area (Å²) < 4.78 is 10.4. The maximum atomic E-state index is 11.8. The number of carbonyl (C=O) groups excluding carboxylic acids is 1. The van der Waals surface area contributed by atoms with Crippen LogP contribution in [-0.4, -0.2) is 31.5 Å². The zero-order valence-electron chi connectivity index (χ0n) is 13.0. The molecule has 0 aliphatic heterocycles. The van der Waals surface area contributed by atoms with E-state index in [9.17, 15) is 4.79 Å². The smallest absolute Gasteiger partial charge is 0.407 e. The second-order valence-electron chi connectivity index (χ2n) is 5.81. The third kappa shape index (κ3) is 6.77. The molecule has 1 aromatic carbocycles. The lowest BCUT2D eigenvalue weighted by atomic mass is 10.0. The molecule has 0 saturated heterocycles. The van der Waals surface area contributed by atoms with Crippen LogP contribution < -0.4 is 5.32 Å². The number of nitriles is 1. The molecule has 0 aliphatic carbocycles. The molecule has 0 aromatic heterocycles. The zero-order valence-corrected chi connectivity index (χ0v) is 13.0. The average molecular weight is 290 g/mol. The van der Waals surface area contributed by atoms with Crippen LogP contribution >= 0.6 is 0 Å². The van der Waals surface area contributed by atoms with Gasteiger partial charge in [-0.25, -0.2) is 4.79 Å². The largest absolute Gasteiger partial charge is 0.444 e. The van der Waals surface area contributed by atoms with Crippen molar-refractivity contribution in [2.45, 2.75) is 38.8 Å². The van der Waals surface area contributed by atoms with Gasteiger partial charge >= 0.3 is 6.09 Å². The number of hydrogen-bond donors (Lipinski definition) is 1. The molecule has 0 heterocycles. The first-order valence-corrected chi connectivity index (χ1v) is 6.81. The Bertz CT molecular complexity index is 498. The van der Waals surface area contributed by atoms with Crippen molar-refractivity contribution in [2.24, 2.45) is 0 Å². The summed E-state index contributed by atoms with van der Waals surface area (Å²) in [5.74, 6) is 0. The molecule has 0 spiro atoms. The molecule has 0 fully saturated rings. The van der Waals surface area contributed by atoms with Gasteiger partial charge in [0.15, 0.2) is 0 Å². The van der Waals surface area contributed by atoms with E-state index in [1.165, 1.54) is 0 Å². The Morgan fingerprint density at radius 2 is 1.95 bits per heavy atom. The molecule has 114 valence electrons. The monoisotopic (exact) mass is 290 g/mol. The normalized spacial score (nSPS) is 12.3. The highest BCUT2D eigenvalue weighted by Crippen LogP contribution is 2.09. The number of carbonyl (C=O) groups is 1. The predicted octanol–water partition coefficient (Wildman–Crippen LogP) is 2.64. The van der Waals surface area contributed by atoms with E-state index < -0.39 is 11.7 Å². The lowest BCUT2D eigenvalue weighted by molar-refractivity contribution is 0.0469. The molecule has 1 aromatic rings. The van der Waals surface area contributed by atoms with Gasteiger partial charge in [0, 0.05) is 7.11 Å². The van der Waals surface area contributed by atoms with E-state index >= 15 is 0 Å². The van der Waals surface area contributed by atoms with Gasteiger partial charge in [-0.2, -0.15) is 5.26 Å². The highest BCUT2D eigenvalue weighted by atomic mass is 16.6. The summed E-state index contributed by atoms with van der Waals surface area (Å²) in [6, 6.07) is 9.15. The fourth-order valence-corrected chi connectivity index (χ4v) is 1.83. The third-order valence-electron chi connectivity index (χ3n) is 2.65. The first kappa shape index (κ1) is 17.0. The van der Waals surface area contributed by atoms with E-state index in [2.05, 4.69) is 11.4 Å². The van der Waals surface area contributed by atoms with Gasteiger partial charge in [-0.1, -0.05) is 12.1 Å². The van der Waals surface area contributed by atoms with Gasteiger partial charge in [-0.3, -0.25) is 0 Å². The standard InChI is InChI=1S/C16H22N2O3/c1-16(2,3)21-15(19)18-14(11-20-4)9-12-5-7-13(10-17)8-6-12/h5-8,14H,9,11H2,1-4H3,(H,18,19)/t14-/m1/s1. The van der Waals surface area contributed by atoms with Crippen molar-refractivity contribution in [1.82, 2.24) is 5.32 Å². The van der Waals surface area contributed by atoms with Crippen LogP contribution in [0.4, 0.5) is 4.79 Å². The lowest BCUT2D eigenvalue weighted by Crippen LogP contribution is -2.42. The molecular weight excluding hydrogens is 268 g/mol. The van der Waals surface area contributed by atoms with E-state index in [1.807, 2.05) is 32.9 Å². The fourth-order valence-electron chi connectivity index (χ4n) is 1.83. The number of nitrogens with one attached hydrogen (secondary N) is 1. The summed E-state index contributed by atoms with van der Waals surface area (Å²) in [6.07, 6.45) is 0.150. The molecule has 0 aliphatic rings. The number of hydrogen-bond acceptors (Lipinski definition) is 4. The van der Waals surface area contributed by atoms with Gasteiger partial charge in [0.05, 0.1) is 24.3 Å². The van der Waals surface area contributed by atoms with Crippen LogP contribution in [0.15, 0.2) is 24.3 Å². The van der Waals surface area contributed by atoms with Crippen molar-refractivity contribution in [3.63, 3.8) is 0 Å². The summed E-state index contributed by atoms with van der Waals surface area (Å²) in [6.45, 7) is 5.84. The Balaban J connectivity index is 2.64. The van der Waals surface area contributed by atoms with Crippen molar-refractivity contribution in [2.75, 3.05) is 13.7 Å². The SMILES string of the molecule is COC[C@@H](Cc1ccc(C#N)cc1)NC(=O)OC(C)(C)C. The quantitative estimate of drug-likeness (QED) is 0.905. The Labute approximate surface area is 125 Å². The second-order valence-corrected chi connectivity index (χ2v) is 5.81. The maximum absolute atomic E-state index is 11.8. The van der Waals surface area contributed by atoms with Crippen molar-refractivity contribution < 1.29 is 14.3 Å². The predicted molar refractivity (Wildman–Crippen MR) is 79.9 cm³/mol. The highest BCUT2D eigenvalue weighted by Gasteiger charge is 2.19. The van der Waals surface area contributed by atoms with E-state index in [1.54, 1.807) is 19.2 Å². The summed E-state index contributed by atoms with van der Waals surface area (Å²) >= 11 is 0. The lowest BCUT2D eigenvalue weighted by Gasteiger charge is -2.23. The van der Waals surface area contributed by atoms with Gasteiger partial charge in [-0.05, 0) is 44.9 Å². The van der Waals surface area contributed by atoms with Gasteiger partial charge in [0.25, 0.3) is 0 Å². The number of amides is 1. The third-order valence-corrected chi connectivity index (χ3v) is 2.65. The topological polar surface area (TPSA) is 71.3 Å². The molecular formula is C16H22N2O3. The Morgan fingerprint density at radius 1 is 1.33 bits per heavy atom. The Kier molecular flexibility index (Phi) is 6.19. The summed E-state index contributed by atoms with van der Waals surface area (Å²) in [5.41, 5.74) is 1.10. The van der Waals surface area contributed by atoms with Crippen LogP contribution in [-0.2, 0) is 15.9 Å². The minimum absolute atomic E-state index is 0.183. The number of rotatable bonds is 5. The molecule has 1 rings (SSSR count). The number of benzene rings is 1. The van der Waals surface area contributed by atoms with E-state index in [4.69, 9.17) is 14.7 Å². The first-order valence-electron chi connectivity index (χ1n) is 6.81. The van der Waals surface area contributed by atoms with Crippen molar-refractivity contribution >= 4 is 6.09 Å². The molecule has 5 nitrogen and oxygen atoms in total. The molecule has 0 unspecified atom stereocenters. The minimum Gasteiger partial charge on any atom is -0.444 e. The Hall–Kier alpha value is -2.06. The number of alkyl carbamates (subject to hydrolysis) is 1. The molecule has 0 radical (unpaired) electrons. The average Bonchev–Trinajstić information content (AvgIpc) is 2.37. The van der Waals surface area contributed by atoms with Crippen LogP contribution in [0.5, 0.6) is 0 Å². The molecule has 1 amide bonds. The first-order chi connectivity index (χ1) is 9.84. The molecule has 0 saturated carbocycles. The molecule has 5 heteroatoms. The van der Waals surface area contributed by atoms with E-state index in [0.717, 1.165) is 5.56 Å². The van der Waals surface area contributed by atoms with Gasteiger partial charge in [-0.15, -0.1) is 0 Å². The summed E-state index contributed by atoms with van der Waals surface area (Å²) in [4.78, 5) is 11.8. The van der Waals surface area contributed by atoms with Crippen LogP contribution in [0.1, 0.15) is 31.9 Å². The fraction of sp³-hybridized carbons (Fsp3) is 0.500. The van der Waals surface area contributed by atoms with Gasteiger partial charge in [0.1, 0.15) is 5.60 Å². The van der Waals surface area contributed by atoms with Crippen molar-refractivity contribution in [3.8, 4) is 6.07 Å². The van der Waals surface area contributed by atoms with Crippen molar-refractivity contribution in [3.05, 3.63) is 35.4 Å². The molecule has 0 bridgehead atoms. The van der Waals surface area contributed by atoms with Gasteiger partial charge in [0.2, 0.25) is 0 Å². The molecule has 21 heavy (non-hydrogen) atoms. The molecule has 1 N–H and O–H groups in total. The van der Waals surface area contributed by atoms with E-state index in [-0.39, 0.29) is 6.04 Å². The second kappa shape index (κ2) is 7.65. The Morgan fingerprint density at radius 3 is 2.43 bits per heavy atom. The van der Waals surface area contributed by atoms with Crippen LogP contribution in [0.2, 0.25) is 0 Å². The maximum Gasteiger partial charge on any atom is 0.407 e. The number of nitrogens with zero attached hydrogens (tertiary/aromatic N) is 1. The van der Waals surface area contributed by atoms with Crippen LogP contribution in [0.25, 0.3) is 0 Å². The van der Waals surface area contributed by atoms with Gasteiger partial charge < -0.3 is 14.8 Å².